The Bertz CT molecular complexity index is 570. The van der Waals surface area contributed by atoms with Crippen molar-refractivity contribution in [3.63, 3.8) is 0 Å². The predicted octanol–water partition coefficient (Wildman–Crippen LogP) is 4.02. The summed E-state index contributed by atoms with van der Waals surface area (Å²) in [5.74, 6) is 1.28. The van der Waals surface area contributed by atoms with Crippen LogP contribution in [0.4, 0.5) is 5.95 Å². The zero-order valence-electron chi connectivity index (χ0n) is 10.6. The number of nitrogen functional groups attached to an aromatic ring is 1. The molecule has 1 saturated carbocycles. The average Bonchev–Trinajstić information content (AvgIpc) is 2.95. The summed E-state index contributed by atoms with van der Waals surface area (Å²) in [6.45, 7) is 2.23. The smallest absolute Gasteiger partial charge is 0.201 e. The third-order valence-electron chi connectivity index (χ3n) is 4.18. The number of aromatic nitrogens is 2. The molecule has 3 rings (SSSR count). The number of imidazole rings is 1. The van der Waals surface area contributed by atoms with E-state index in [1.165, 1.54) is 25.7 Å². The van der Waals surface area contributed by atoms with Gasteiger partial charge in [-0.2, -0.15) is 0 Å². The van der Waals surface area contributed by atoms with Crippen molar-refractivity contribution in [2.75, 3.05) is 5.73 Å². The van der Waals surface area contributed by atoms with Crippen molar-refractivity contribution in [2.24, 2.45) is 5.92 Å². The number of fused-ring (bicyclic) bond motifs is 1. The van der Waals surface area contributed by atoms with Crippen LogP contribution < -0.4 is 5.73 Å². The molecular formula is C14H18ClN3. The van der Waals surface area contributed by atoms with Gasteiger partial charge in [0.2, 0.25) is 5.95 Å². The lowest BCUT2D eigenvalue weighted by molar-refractivity contribution is 0.371. The third kappa shape index (κ3) is 1.77. The van der Waals surface area contributed by atoms with Crippen LogP contribution in [0.15, 0.2) is 18.2 Å². The van der Waals surface area contributed by atoms with Crippen LogP contribution in [0.2, 0.25) is 5.02 Å². The highest BCUT2D eigenvalue weighted by atomic mass is 35.5. The number of hydrogen-bond acceptors (Lipinski definition) is 2. The van der Waals surface area contributed by atoms with Crippen molar-refractivity contribution in [1.29, 1.82) is 0 Å². The van der Waals surface area contributed by atoms with Crippen LogP contribution >= 0.6 is 11.6 Å². The minimum absolute atomic E-state index is 0.373. The van der Waals surface area contributed by atoms with Crippen molar-refractivity contribution in [3.8, 4) is 0 Å². The fourth-order valence-electron chi connectivity index (χ4n) is 3.19. The zero-order chi connectivity index (χ0) is 12.7. The van der Waals surface area contributed by atoms with E-state index in [0.717, 1.165) is 16.1 Å². The Balaban J connectivity index is 2.12. The average molecular weight is 264 g/mol. The highest BCUT2D eigenvalue weighted by Crippen LogP contribution is 2.38. The molecule has 0 bridgehead atoms. The van der Waals surface area contributed by atoms with Crippen LogP contribution in [0.1, 0.15) is 38.6 Å². The molecule has 0 spiro atoms. The first-order valence-electron chi connectivity index (χ1n) is 6.60. The van der Waals surface area contributed by atoms with Crippen molar-refractivity contribution >= 4 is 28.6 Å². The first-order chi connectivity index (χ1) is 8.68. The quantitative estimate of drug-likeness (QED) is 0.889. The molecule has 0 radical (unpaired) electrons. The number of nitrogens with two attached hydrogens (primary N) is 1. The van der Waals surface area contributed by atoms with Crippen LogP contribution in [-0.2, 0) is 0 Å². The van der Waals surface area contributed by atoms with Gasteiger partial charge in [0.25, 0.3) is 0 Å². The number of anilines is 1. The van der Waals surface area contributed by atoms with E-state index in [2.05, 4.69) is 16.5 Å². The second kappa shape index (κ2) is 4.47. The SMILES string of the molecule is CC(C1CCCC1)n1c(N)nc2cccc(Cl)c21. The Morgan fingerprint density at radius 1 is 1.39 bits per heavy atom. The fourth-order valence-corrected chi connectivity index (χ4v) is 3.45. The summed E-state index contributed by atoms with van der Waals surface area (Å²) >= 11 is 6.31. The zero-order valence-corrected chi connectivity index (χ0v) is 11.3. The summed E-state index contributed by atoms with van der Waals surface area (Å²) in [7, 11) is 0. The monoisotopic (exact) mass is 263 g/mol. The Labute approximate surface area is 112 Å². The molecule has 1 aromatic carbocycles. The normalized spacial score (nSPS) is 18.6. The standard InChI is InChI=1S/C14H18ClN3/c1-9(10-5-2-3-6-10)18-13-11(15)7-4-8-12(13)17-14(18)16/h4,7-10H,2-3,5-6H2,1H3,(H2,16,17). The van der Waals surface area contributed by atoms with E-state index in [1.54, 1.807) is 0 Å². The number of hydrogen-bond donors (Lipinski definition) is 1. The van der Waals surface area contributed by atoms with Gasteiger partial charge in [0.1, 0.15) is 0 Å². The van der Waals surface area contributed by atoms with Crippen LogP contribution in [0.5, 0.6) is 0 Å². The third-order valence-corrected chi connectivity index (χ3v) is 4.48. The molecule has 18 heavy (non-hydrogen) atoms. The predicted molar refractivity (Wildman–Crippen MR) is 75.8 cm³/mol. The highest BCUT2D eigenvalue weighted by Gasteiger charge is 2.26. The number of rotatable bonds is 2. The highest BCUT2D eigenvalue weighted by molar-refractivity contribution is 6.35. The first kappa shape index (κ1) is 11.8. The van der Waals surface area contributed by atoms with Crippen LogP contribution in [0, 0.1) is 5.92 Å². The molecule has 1 fully saturated rings. The van der Waals surface area contributed by atoms with Gasteiger partial charge in [-0.3, -0.25) is 0 Å². The van der Waals surface area contributed by atoms with Crippen molar-refractivity contribution in [3.05, 3.63) is 23.2 Å². The number of benzene rings is 1. The molecule has 1 aliphatic rings. The molecule has 4 heteroatoms. The molecule has 1 aliphatic carbocycles. The Kier molecular flexibility index (Phi) is 2.94. The molecule has 1 heterocycles. The van der Waals surface area contributed by atoms with Gasteiger partial charge in [0.05, 0.1) is 16.1 Å². The summed E-state index contributed by atoms with van der Waals surface area (Å²) in [5.41, 5.74) is 7.96. The molecule has 2 aromatic rings. The molecule has 96 valence electrons. The molecule has 1 atom stereocenters. The molecule has 0 aliphatic heterocycles. The number of nitrogens with zero attached hydrogens (tertiary/aromatic N) is 2. The van der Waals surface area contributed by atoms with Crippen molar-refractivity contribution < 1.29 is 0 Å². The van der Waals surface area contributed by atoms with Gasteiger partial charge in [-0.05, 0) is 37.8 Å². The van der Waals surface area contributed by atoms with Gasteiger partial charge in [0, 0.05) is 6.04 Å². The van der Waals surface area contributed by atoms with Gasteiger partial charge in [-0.15, -0.1) is 0 Å². The second-order valence-electron chi connectivity index (χ2n) is 5.23. The lowest BCUT2D eigenvalue weighted by Gasteiger charge is -2.22. The molecule has 1 aromatic heterocycles. The fraction of sp³-hybridized carbons (Fsp3) is 0.500. The van der Waals surface area contributed by atoms with Crippen LogP contribution in [-0.4, -0.2) is 9.55 Å². The van der Waals surface area contributed by atoms with E-state index in [4.69, 9.17) is 17.3 Å². The molecule has 2 N–H and O–H groups in total. The first-order valence-corrected chi connectivity index (χ1v) is 6.98. The van der Waals surface area contributed by atoms with Crippen LogP contribution in [0.25, 0.3) is 11.0 Å². The molecule has 1 unspecified atom stereocenters. The van der Waals surface area contributed by atoms with Gasteiger partial charge in [-0.1, -0.05) is 30.5 Å². The minimum atomic E-state index is 0.373. The Morgan fingerprint density at radius 2 is 2.11 bits per heavy atom. The summed E-state index contributed by atoms with van der Waals surface area (Å²) < 4.78 is 2.12. The van der Waals surface area contributed by atoms with Crippen molar-refractivity contribution in [2.45, 2.75) is 38.6 Å². The maximum atomic E-state index is 6.31. The van der Waals surface area contributed by atoms with Crippen molar-refractivity contribution in [1.82, 2.24) is 9.55 Å². The summed E-state index contributed by atoms with van der Waals surface area (Å²) in [6, 6.07) is 6.16. The Morgan fingerprint density at radius 3 is 2.83 bits per heavy atom. The van der Waals surface area contributed by atoms with E-state index >= 15 is 0 Å². The maximum Gasteiger partial charge on any atom is 0.201 e. The second-order valence-corrected chi connectivity index (χ2v) is 5.64. The lowest BCUT2D eigenvalue weighted by atomic mass is 9.99. The maximum absolute atomic E-state index is 6.31. The van der Waals surface area contributed by atoms with Gasteiger partial charge in [0.15, 0.2) is 0 Å². The van der Waals surface area contributed by atoms with E-state index in [0.29, 0.717) is 17.9 Å². The number of halogens is 1. The minimum Gasteiger partial charge on any atom is -0.369 e. The van der Waals surface area contributed by atoms with Gasteiger partial charge < -0.3 is 10.3 Å². The summed E-state index contributed by atoms with van der Waals surface area (Å²) in [5, 5.41) is 0.738. The molecular weight excluding hydrogens is 246 g/mol. The van der Waals surface area contributed by atoms with Gasteiger partial charge in [-0.25, -0.2) is 4.98 Å². The largest absolute Gasteiger partial charge is 0.369 e. The molecule has 0 saturated heterocycles. The van der Waals surface area contributed by atoms with E-state index in [-0.39, 0.29) is 0 Å². The number of para-hydroxylation sites is 1. The van der Waals surface area contributed by atoms with E-state index in [1.807, 2.05) is 18.2 Å². The summed E-state index contributed by atoms with van der Waals surface area (Å²) in [6.07, 6.45) is 5.22. The van der Waals surface area contributed by atoms with Crippen LogP contribution in [0.3, 0.4) is 0 Å². The lowest BCUT2D eigenvalue weighted by Crippen LogP contribution is -2.16. The van der Waals surface area contributed by atoms with E-state index in [9.17, 15) is 0 Å². The molecule has 0 amide bonds. The topological polar surface area (TPSA) is 43.8 Å². The summed E-state index contributed by atoms with van der Waals surface area (Å²) in [4.78, 5) is 4.42. The van der Waals surface area contributed by atoms with E-state index < -0.39 is 0 Å². The molecule has 3 nitrogen and oxygen atoms in total. The Hall–Kier alpha value is -1.22. The van der Waals surface area contributed by atoms with Gasteiger partial charge >= 0.3 is 0 Å².